The lowest BCUT2D eigenvalue weighted by molar-refractivity contribution is -0.145. The molecule has 12 nitrogen and oxygen atoms in total. The van der Waals surface area contributed by atoms with Crippen LogP contribution in [-0.2, 0) is 72.7 Å². The number of carbonyl (C=O) groups excluding carboxylic acids is 3. The van der Waals surface area contributed by atoms with Gasteiger partial charge in [-0.3, -0.25) is 0 Å². The highest BCUT2D eigenvalue weighted by Crippen LogP contribution is 2.41. The van der Waals surface area contributed by atoms with Crippen molar-refractivity contribution < 1.29 is 95.9 Å². The monoisotopic (exact) mass is 1210 g/mol. The fourth-order valence-corrected chi connectivity index (χ4v) is 8.52. The van der Waals surface area contributed by atoms with Gasteiger partial charge in [-0.05, 0) is 83.6 Å². The van der Waals surface area contributed by atoms with E-state index < -0.39 is 120 Å². The molecule has 6 atom stereocenters. The van der Waals surface area contributed by atoms with Crippen molar-refractivity contribution in [2.24, 2.45) is 5.73 Å². The number of benzene rings is 6. The SMILES string of the molecule is C=C[C@@H](C[C@](CO[C@H](C)c1cc(C(F)(F)F)cc(C(F)(F)F)c1)(NC(=O)OCc1ccccc1)c1ccccc1)OC(N)=O.C=C[C@H](O)C[C@](CO[C@H](C)c1cc(C(F)(F)F)cc(C(F)(F)F)c1)(NC(=O)OCc1ccccc1)c1ccccc1. The number of aliphatic hydroxyl groups excluding tert-OH is 1. The van der Waals surface area contributed by atoms with Gasteiger partial charge in [0.25, 0.3) is 0 Å². The summed E-state index contributed by atoms with van der Waals surface area (Å²) in [6.45, 7) is 8.58. The molecule has 0 fully saturated rings. The number of nitrogens with one attached hydrogen (secondary N) is 2. The van der Waals surface area contributed by atoms with Crippen LogP contribution in [-0.4, -0.2) is 48.8 Å². The molecule has 0 saturated carbocycles. The van der Waals surface area contributed by atoms with Crippen molar-refractivity contribution in [2.45, 2.75) is 100 Å². The maximum Gasteiger partial charge on any atom is 0.416 e. The van der Waals surface area contributed by atoms with E-state index in [1.807, 2.05) is 0 Å². The first-order valence-corrected chi connectivity index (χ1v) is 25.7. The standard InChI is InChI=1S/C31H30F6N2O5.C30H29F6NO4/c1-3-26(44-27(38)40)17-29(23-12-8-5-9-13-23,39-28(41)42-18-21-10-6-4-7-11-21)19-43-20(2)22-14-24(30(32,33)34)16-25(15-22)31(35,36)37;1-3-26(38)17-28(23-12-8-5-9-13-23,37-27(39)40-18-21-10-6-4-7-11-21)19-41-20(2)22-14-24(29(31,32)33)16-25(15-22)30(34,35)36/h3-16,20,26H,1,17-19H2,2H3,(H2,38,40)(H,39,41);3-16,20,26,38H,1,17-19H2,2H3,(H,37,39)/t20-,26+,29-;20-,26+,28-/m11/s1. The summed E-state index contributed by atoms with van der Waals surface area (Å²) in [5.74, 6) is 0. The van der Waals surface area contributed by atoms with Crippen molar-refractivity contribution in [3.05, 3.63) is 239 Å². The Bertz CT molecular complexity index is 3070. The molecule has 0 aliphatic carbocycles. The molecule has 85 heavy (non-hydrogen) atoms. The highest BCUT2D eigenvalue weighted by Gasteiger charge is 2.43. The van der Waals surface area contributed by atoms with Crippen LogP contribution in [0.15, 0.2) is 183 Å². The predicted octanol–water partition coefficient (Wildman–Crippen LogP) is 15.2. The minimum atomic E-state index is -5.06. The molecule has 0 spiro atoms. The van der Waals surface area contributed by atoms with E-state index in [0.717, 1.165) is 0 Å². The van der Waals surface area contributed by atoms with E-state index in [-0.39, 0.29) is 43.8 Å². The molecule has 0 bridgehead atoms. The second-order valence-corrected chi connectivity index (χ2v) is 19.3. The average molecular weight is 1210 g/mol. The van der Waals surface area contributed by atoms with Crippen molar-refractivity contribution in [2.75, 3.05) is 13.2 Å². The van der Waals surface area contributed by atoms with Gasteiger partial charge in [0.15, 0.2) is 0 Å². The van der Waals surface area contributed by atoms with Gasteiger partial charge in [-0.15, -0.1) is 6.58 Å². The van der Waals surface area contributed by atoms with E-state index in [9.17, 15) is 72.2 Å². The lowest BCUT2D eigenvalue weighted by Crippen LogP contribution is -2.52. The Morgan fingerprint density at radius 3 is 1.11 bits per heavy atom. The quantitative estimate of drug-likeness (QED) is 0.0277. The van der Waals surface area contributed by atoms with E-state index in [1.54, 1.807) is 121 Å². The number of rotatable bonds is 23. The summed E-state index contributed by atoms with van der Waals surface area (Å²) in [6, 6.07) is 36.3. The van der Waals surface area contributed by atoms with Gasteiger partial charge in [-0.2, -0.15) is 52.7 Å². The van der Waals surface area contributed by atoms with Gasteiger partial charge in [-0.25, -0.2) is 14.4 Å². The third-order valence-electron chi connectivity index (χ3n) is 13.0. The van der Waals surface area contributed by atoms with Gasteiger partial charge < -0.3 is 45.2 Å². The van der Waals surface area contributed by atoms with Gasteiger partial charge in [0.05, 0.1) is 64.9 Å². The van der Waals surface area contributed by atoms with Crippen molar-refractivity contribution >= 4 is 18.3 Å². The highest BCUT2D eigenvalue weighted by molar-refractivity contribution is 5.70. The van der Waals surface area contributed by atoms with Crippen LogP contribution >= 0.6 is 0 Å². The number of aliphatic hydroxyl groups is 1. The molecule has 5 N–H and O–H groups in total. The van der Waals surface area contributed by atoms with Gasteiger partial charge in [0, 0.05) is 12.8 Å². The molecular formula is C61H59F12N3O9. The predicted molar refractivity (Wildman–Crippen MR) is 287 cm³/mol. The summed E-state index contributed by atoms with van der Waals surface area (Å²) in [5.41, 5.74) is -2.43. The zero-order valence-electron chi connectivity index (χ0n) is 45.5. The summed E-state index contributed by atoms with van der Waals surface area (Å²) in [7, 11) is 0. The molecule has 456 valence electrons. The second kappa shape index (κ2) is 29.4. The van der Waals surface area contributed by atoms with E-state index in [1.165, 1.54) is 26.0 Å². The Balaban J connectivity index is 0.000000311. The van der Waals surface area contributed by atoms with Crippen molar-refractivity contribution in [3.8, 4) is 0 Å². The summed E-state index contributed by atoms with van der Waals surface area (Å²) in [6.07, 6.45) is -26.0. The highest BCUT2D eigenvalue weighted by atomic mass is 19.4. The molecule has 24 heteroatoms. The number of amides is 3. The van der Waals surface area contributed by atoms with Gasteiger partial charge in [-0.1, -0.05) is 140 Å². The summed E-state index contributed by atoms with van der Waals surface area (Å²) in [5, 5.41) is 15.9. The summed E-state index contributed by atoms with van der Waals surface area (Å²) >= 11 is 0. The largest absolute Gasteiger partial charge is 0.445 e. The van der Waals surface area contributed by atoms with Gasteiger partial charge in [0.1, 0.15) is 19.3 Å². The first-order valence-electron chi connectivity index (χ1n) is 25.7. The zero-order chi connectivity index (χ0) is 62.8. The minimum absolute atomic E-state index is 0.0185. The van der Waals surface area contributed by atoms with E-state index in [2.05, 4.69) is 23.8 Å². The van der Waals surface area contributed by atoms with Gasteiger partial charge >= 0.3 is 43.0 Å². The maximum absolute atomic E-state index is 13.5. The maximum atomic E-state index is 13.5. The Labute approximate surface area is 481 Å². The van der Waals surface area contributed by atoms with Gasteiger partial charge in [0.2, 0.25) is 0 Å². The van der Waals surface area contributed by atoms with Crippen LogP contribution in [0.2, 0.25) is 0 Å². The molecule has 0 heterocycles. The summed E-state index contributed by atoms with van der Waals surface area (Å²) < 4.78 is 189. The van der Waals surface area contributed by atoms with Crippen molar-refractivity contribution in [1.82, 2.24) is 10.6 Å². The second-order valence-electron chi connectivity index (χ2n) is 19.3. The molecule has 6 aromatic rings. The normalized spacial score (nSPS) is 14.7. The molecule has 6 rings (SSSR count). The molecule has 0 aromatic heterocycles. The Morgan fingerprint density at radius 2 is 0.812 bits per heavy atom. The number of alkyl carbamates (subject to hydrolysis) is 2. The fraction of sp³-hybridized carbons (Fsp3) is 0.295. The molecule has 0 aliphatic heterocycles. The van der Waals surface area contributed by atoms with E-state index in [0.29, 0.717) is 46.5 Å². The lowest BCUT2D eigenvalue weighted by atomic mass is 9.84. The lowest BCUT2D eigenvalue weighted by Gasteiger charge is -2.37. The number of halogens is 12. The molecule has 0 radical (unpaired) electrons. The molecular weight excluding hydrogens is 1150 g/mol. The number of carbonyl (C=O) groups is 3. The van der Waals surface area contributed by atoms with Crippen LogP contribution in [0.25, 0.3) is 0 Å². The van der Waals surface area contributed by atoms with Crippen LogP contribution in [0.3, 0.4) is 0 Å². The zero-order valence-corrected chi connectivity index (χ0v) is 45.5. The Morgan fingerprint density at radius 1 is 0.494 bits per heavy atom. The van der Waals surface area contributed by atoms with Crippen LogP contribution in [0, 0.1) is 0 Å². The van der Waals surface area contributed by atoms with Crippen molar-refractivity contribution in [3.63, 3.8) is 0 Å². The molecule has 0 aliphatic rings. The number of ether oxygens (including phenoxy) is 5. The van der Waals surface area contributed by atoms with Crippen LogP contribution < -0.4 is 16.4 Å². The fourth-order valence-electron chi connectivity index (χ4n) is 8.52. The van der Waals surface area contributed by atoms with E-state index in [4.69, 9.17) is 29.4 Å². The third kappa shape index (κ3) is 20.5. The minimum Gasteiger partial charge on any atom is -0.445 e. The summed E-state index contributed by atoms with van der Waals surface area (Å²) in [4.78, 5) is 37.7. The number of hydrogen-bond donors (Lipinski definition) is 4. The number of alkyl halides is 12. The molecule has 3 amide bonds. The van der Waals surface area contributed by atoms with Crippen LogP contribution in [0.5, 0.6) is 0 Å². The number of primary amides is 1. The molecule has 0 unspecified atom stereocenters. The first-order chi connectivity index (χ1) is 39.9. The Hall–Kier alpha value is -8.35. The topological polar surface area (TPSA) is 168 Å². The van der Waals surface area contributed by atoms with Crippen molar-refractivity contribution in [1.29, 1.82) is 0 Å². The van der Waals surface area contributed by atoms with Crippen LogP contribution in [0.1, 0.15) is 94.5 Å². The first kappa shape index (κ1) is 67.4. The van der Waals surface area contributed by atoms with E-state index >= 15 is 0 Å². The average Bonchev–Trinajstić information content (AvgIpc) is 2.71. The smallest absolute Gasteiger partial charge is 0.416 e. The Kier molecular flexibility index (Phi) is 23.4. The number of hydrogen-bond acceptors (Lipinski definition) is 9. The molecule has 6 aromatic carbocycles. The third-order valence-corrected chi connectivity index (χ3v) is 13.0. The molecule has 0 saturated heterocycles. The number of nitrogens with two attached hydrogens (primary N) is 1. The van der Waals surface area contributed by atoms with Crippen LogP contribution in [0.4, 0.5) is 67.1 Å².